The van der Waals surface area contributed by atoms with Crippen molar-refractivity contribution in [2.45, 2.75) is 13.5 Å². The molecule has 1 N–H and O–H groups in total. The number of carbonyl (C=O) groups is 1. The molecule has 0 saturated carbocycles. The minimum atomic E-state index is -0.188. The van der Waals surface area contributed by atoms with Crippen LogP contribution < -0.4 is 5.32 Å². The maximum absolute atomic E-state index is 12.4. The molecule has 0 saturated heterocycles. The molecule has 3 aromatic heterocycles. The van der Waals surface area contributed by atoms with Gasteiger partial charge in [0.1, 0.15) is 12.4 Å². The van der Waals surface area contributed by atoms with Crippen LogP contribution in [0.15, 0.2) is 60.9 Å². The highest BCUT2D eigenvalue weighted by atomic mass is 16.2. The number of anilines is 1. The highest BCUT2D eigenvalue weighted by molar-refractivity contribution is 5.90. The van der Waals surface area contributed by atoms with Gasteiger partial charge in [0.15, 0.2) is 0 Å². The van der Waals surface area contributed by atoms with Crippen molar-refractivity contribution >= 4 is 11.7 Å². The number of hydrogen-bond acceptors (Lipinski definition) is 5. The lowest BCUT2D eigenvalue weighted by atomic mass is 10.2. The first kappa shape index (κ1) is 17.6. The minimum absolute atomic E-state index is 0.0884. The van der Waals surface area contributed by atoms with Gasteiger partial charge in [-0.2, -0.15) is 20.4 Å². The highest BCUT2D eigenvalue weighted by Crippen LogP contribution is 2.21. The Bertz CT molecular complexity index is 1100. The standard InChI is InChI=1S/C20H19N7O/c1-14-8-9-17(24-23-14)16-11-21-27(12-16)13-20(28)22-19-10-18(25-26(19)2)15-6-4-3-5-7-15/h3-12H,13H2,1-2H3,(H,22,28). The second kappa shape index (κ2) is 7.43. The summed E-state index contributed by atoms with van der Waals surface area (Å²) in [4.78, 5) is 12.4. The normalized spacial score (nSPS) is 10.8. The van der Waals surface area contributed by atoms with Crippen LogP contribution in [0.5, 0.6) is 0 Å². The van der Waals surface area contributed by atoms with Crippen molar-refractivity contribution in [3.05, 3.63) is 66.6 Å². The van der Waals surface area contributed by atoms with Crippen LogP contribution in [-0.4, -0.2) is 35.7 Å². The molecule has 4 rings (SSSR count). The topological polar surface area (TPSA) is 90.5 Å². The summed E-state index contributed by atoms with van der Waals surface area (Å²) < 4.78 is 3.22. The molecule has 1 aromatic carbocycles. The average molecular weight is 373 g/mol. The predicted molar refractivity (Wildman–Crippen MR) is 105 cm³/mol. The summed E-state index contributed by atoms with van der Waals surface area (Å²) in [6.45, 7) is 1.97. The van der Waals surface area contributed by atoms with Crippen LogP contribution in [0.1, 0.15) is 5.69 Å². The van der Waals surface area contributed by atoms with Crippen molar-refractivity contribution in [3.8, 4) is 22.5 Å². The van der Waals surface area contributed by atoms with Crippen molar-refractivity contribution in [1.82, 2.24) is 29.8 Å². The molecule has 1 amide bonds. The lowest BCUT2D eigenvalue weighted by Gasteiger charge is -2.05. The smallest absolute Gasteiger partial charge is 0.247 e. The quantitative estimate of drug-likeness (QED) is 0.581. The molecule has 0 aliphatic carbocycles. The third-order valence-corrected chi connectivity index (χ3v) is 4.25. The van der Waals surface area contributed by atoms with Gasteiger partial charge in [-0.15, -0.1) is 0 Å². The molecule has 0 aliphatic rings. The largest absolute Gasteiger partial charge is 0.309 e. The molecule has 8 nitrogen and oxygen atoms in total. The zero-order chi connectivity index (χ0) is 19.5. The lowest BCUT2D eigenvalue weighted by Crippen LogP contribution is -2.20. The number of nitrogens with zero attached hydrogens (tertiary/aromatic N) is 6. The first-order valence-electron chi connectivity index (χ1n) is 8.81. The molecule has 0 bridgehead atoms. The molecule has 3 heterocycles. The summed E-state index contributed by atoms with van der Waals surface area (Å²) >= 11 is 0. The molecule has 0 fully saturated rings. The summed E-state index contributed by atoms with van der Waals surface area (Å²) in [7, 11) is 1.80. The van der Waals surface area contributed by atoms with Crippen molar-refractivity contribution in [2.24, 2.45) is 7.05 Å². The first-order chi connectivity index (χ1) is 13.6. The van der Waals surface area contributed by atoms with Crippen molar-refractivity contribution in [1.29, 1.82) is 0 Å². The zero-order valence-corrected chi connectivity index (χ0v) is 15.6. The van der Waals surface area contributed by atoms with Crippen LogP contribution >= 0.6 is 0 Å². The molecular formula is C20H19N7O. The Balaban J connectivity index is 1.44. The average Bonchev–Trinajstić information content (AvgIpc) is 3.30. The Labute approximate surface area is 161 Å². The molecule has 4 aromatic rings. The molecule has 0 radical (unpaired) electrons. The number of aryl methyl sites for hydroxylation is 2. The second-order valence-electron chi connectivity index (χ2n) is 6.44. The van der Waals surface area contributed by atoms with Gasteiger partial charge in [-0.1, -0.05) is 30.3 Å². The first-order valence-corrected chi connectivity index (χ1v) is 8.81. The minimum Gasteiger partial charge on any atom is -0.309 e. The van der Waals surface area contributed by atoms with Gasteiger partial charge in [-0.05, 0) is 19.1 Å². The van der Waals surface area contributed by atoms with Gasteiger partial charge in [0.2, 0.25) is 5.91 Å². The fraction of sp³-hybridized carbons (Fsp3) is 0.150. The number of carbonyl (C=O) groups excluding carboxylic acids is 1. The number of aromatic nitrogens is 6. The van der Waals surface area contributed by atoms with E-state index in [-0.39, 0.29) is 12.5 Å². The van der Waals surface area contributed by atoms with E-state index in [1.54, 1.807) is 28.8 Å². The van der Waals surface area contributed by atoms with Gasteiger partial charge < -0.3 is 5.32 Å². The van der Waals surface area contributed by atoms with Gasteiger partial charge in [-0.25, -0.2) is 0 Å². The Hall–Kier alpha value is -3.81. The number of rotatable bonds is 5. The maximum Gasteiger partial charge on any atom is 0.247 e. The summed E-state index contributed by atoms with van der Waals surface area (Å²) in [5, 5.41) is 19.8. The Morgan fingerprint density at radius 1 is 1.04 bits per heavy atom. The van der Waals surface area contributed by atoms with Crippen molar-refractivity contribution in [3.63, 3.8) is 0 Å². The van der Waals surface area contributed by atoms with Crippen LogP contribution in [0.2, 0.25) is 0 Å². The predicted octanol–water partition coefficient (Wildman–Crippen LogP) is 2.69. The summed E-state index contributed by atoms with van der Waals surface area (Å²) in [6, 6.07) is 15.4. The molecule has 0 unspecified atom stereocenters. The van der Waals surface area contributed by atoms with E-state index in [1.807, 2.05) is 55.5 Å². The van der Waals surface area contributed by atoms with E-state index in [9.17, 15) is 4.79 Å². The van der Waals surface area contributed by atoms with E-state index >= 15 is 0 Å². The SMILES string of the molecule is Cc1ccc(-c2cnn(CC(=O)Nc3cc(-c4ccccc4)nn3C)c2)nn1. The van der Waals surface area contributed by atoms with Crippen molar-refractivity contribution < 1.29 is 4.79 Å². The molecule has 140 valence electrons. The molecule has 8 heteroatoms. The molecular weight excluding hydrogens is 354 g/mol. The van der Waals surface area contributed by atoms with E-state index < -0.39 is 0 Å². The van der Waals surface area contributed by atoms with Crippen LogP contribution in [-0.2, 0) is 18.4 Å². The molecule has 0 aliphatic heterocycles. The van der Waals surface area contributed by atoms with Gasteiger partial charge in [0, 0.05) is 30.4 Å². The fourth-order valence-corrected chi connectivity index (χ4v) is 2.80. The number of nitrogens with one attached hydrogen (secondary N) is 1. The summed E-state index contributed by atoms with van der Waals surface area (Å²) in [5.41, 5.74) is 4.18. The van der Waals surface area contributed by atoms with E-state index in [0.717, 1.165) is 28.2 Å². The molecule has 0 atom stereocenters. The van der Waals surface area contributed by atoms with Gasteiger partial charge in [0.25, 0.3) is 0 Å². The van der Waals surface area contributed by atoms with Crippen LogP contribution in [0, 0.1) is 6.92 Å². The number of amides is 1. The summed E-state index contributed by atoms with van der Waals surface area (Å²) in [5.74, 6) is 0.438. The third kappa shape index (κ3) is 3.80. The highest BCUT2D eigenvalue weighted by Gasteiger charge is 2.12. The van der Waals surface area contributed by atoms with E-state index in [0.29, 0.717) is 5.82 Å². The molecule has 28 heavy (non-hydrogen) atoms. The number of benzene rings is 1. The van der Waals surface area contributed by atoms with E-state index in [2.05, 4.69) is 25.7 Å². The van der Waals surface area contributed by atoms with Crippen molar-refractivity contribution in [2.75, 3.05) is 5.32 Å². The second-order valence-corrected chi connectivity index (χ2v) is 6.44. The summed E-state index contributed by atoms with van der Waals surface area (Å²) in [6.07, 6.45) is 3.45. The van der Waals surface area contributed by atoms with E-state index in [4.69, 9.17) is 0 Å². The third-order valence-electron chi connectivity index (χ3n) is 4.25. The van der Waals surface area contributed by atoms with Gasteiger partial charge >= 0.3 is 0 Å². The van der Waals surface area contributed by atoms with Gasteiger partial charge in [0.05, 0.1) is 23.3 Å². The van der Waals surface area contributed by atoms with Crippen LogP contribution in [0.25, 0.3) is 22.5 Å². The van der Waals surface area contributed by atoms with Crippen LogP contribution in [0.3, 0.4) is 0 Å². The van der Waals surface area contributed by atoms with Gasteiger partial charge in [-0.3, -0.25) is 14.2 Å². The monoisotopic (exact) mass is 373 g/mol. The number of hydrogen-bond donors (Lipinski definition) is 1. The Morgan fingerprint density at radius 3 is 2.61 bits per heavy atom. The maximum atomic E-state index is 12.4. The Kier molecular flexibility index (Phi) is 4.67. The molecule has 0 spiro atoms. The fourth-order valence-electron chi connectivity index (χ4n) is 2.80. The van der Waals surface area contributed by atoms with E-state index in [1.165, 1.54) is 0 Å². The lowest BCUT2D eigenvalue weighted by molar-refractivity contribution is -0.116. The Morgan fingerprint density at radius 2 is 1.86 bits per heavy atom. The van der Waals surface area contributed by atoms with Crippen LogP contribution in [0.4, 0.5) is 5.82 Å². The zero-order valence-electron chi connectivity index (χ0n) is 15.6.